The fraction of sp³-hybridized carbons (Fsp3) is 0.400. The van der Waals surface area contributed by atoms with Crippen molar-refractivity contribution in [2.24, 2.45) is 0 Å². The van der Waals surface area contributed by atoms with E-state index in [9.17, 15) is 5.11 Å². The topological polar surface area (TPSA) is 56.5 Å². The van der Waals surface area contributed by atoms with Crippen LogP contribution in [0.15, 0.2) is 30.6 Å². The van der Waals surface area contributed by atoms with Crippen LogP contribution in [0.3, 0.4) is 0 Å². The zero-order valence-corrected chi connectivity index (χ0v) is 12.0. The maximum absolute atomic E-state index is 10.6. The van der Waals surface area contributed by atoms with Gasteiger partial charge in [0.2, 0.25) is 0 Å². The summed E-state index contributed by atoms with van der Waals surface area (Å²) in [4.78, 5) is 4.26. The number of ether oxygens (including phenoxy) is 2. The molecule has 2 aromatic rings. The molecule has 1 unspecified atom stereocenters. The molecule has 5 nitrogen and oxygen atoms in total. The zero-order chi connectivity index (χ0) is 14.5. The van der Waals surface area contributed by atoms with Gasteiger partial charge in [0.25, 0.3) is 0 Å². The summed E-state index contributed by atoms with van der Waals surface area (Å²) in [6.07, 6.45) is 3.70. The van der Waals surface area contributed by atoms with Gasteiger partial charge in [-0.25, -0.2) is 4.98 Å². The van der Waals surface area contributed by atoms with Crippen LogP contribution in [0.5, 0.6) is 11.5 Å². The highest BCUT2D eigenvalue weighted by Gasteiger charge is 2.20. The third-order valence-corrected chi connectivity index (χ3v) is 3.19. The highest BCUT2D eigenvalue weighted by molar-refractivity contribution is 5.43. The SMILES string of the molecule is CCCn1ccnc1C(O)c1cc(OC)ccc1OC. The number of nitrogens with zero attached hydrogens (tertiary/aromatic N) is 2. The number of aryl methyl sites for hydroxylation is 1. The molecule has 0 saturated carbocycles. The number of aromatic nitrogens is 2. The normalized spacial score (nSPS) is 12.2. The fourth-order valence-electron chi connectivity index (χ4n) is 2.19. The molecule has 0 saturated heterocycles. The van der Waals surface area contributed by atoms with E-state index in [0.717, 1.165) is 13.0 Å². The van der Waals surface area contributed by atoms with Crippen LogP contribution in [0.2, 0.25) is 0 Å². The Hall–Kier alpha value is -2.01. The molecule has 0 aliphatic carbocycles. The summed E-state index contributed by atoms with van der Waals surface area (Å²) in [7, 11) is 3.17. The van der Waals surface area contributed by atoms with Crippen LogP contribution in [0.1, 0.15) is 30.8 Å². The second-order valence-corrected chi connectivity index (χ2v) is 4.49. The molecule has 0 bridgehead atoms. The van der Waals surface area contributed by atoms with Crippen LogP contribution >= 0.6 is 0 Å². The van der Waals surface area contributed by atoms with Crippen molar-refractivity contribution in [2.45, 2.75) is 26.0 Å². The largest absolute Gasteiger partial charge is 0.497 e. The van der Waals surface area contributed by atoms with Gasteiger partial charge in [0.15, 0.2) is 0 Å². The Morgan fingerprint density at radius 3 is 2.75 bits per heavy atom. The van der Waals surface area contributed by atoms with Gasteiger partial charge in [-0.15, -0.1) is 0 Å². The van der Waals surface area contributed by atoms with Crippen molar-refractivity contribution in [1.29, 1.82) is 0 Å². The first kappa shape index (κ1) is 14.4. The molecule has 108 valence electrons. The molecule has 2 rings (SSSR count). The summed E-state index contributed by atoms with van der Waals surface area (Å²) in [5.74, 6) is 1.90. The van der Waals surface area contributed by atoms with Gasteiger partial charge in [-0.1, -0.05) is 6.92 Å². The van der Waals surface area contributed by atoms with Gasteiger partial charge in [-0.05, 0) is 24.6 Å². The van der Waals surface area contributed by atoms with Gasteiger partial charge in [0.05, 0.1) is 14.2 Å². The van der Waals surface area contributed by atoms with Gasteiger partial charge in [-0.2, -0.15) is 0 Å². The Morgan fingerprint density at radius 1 is 1.30 bits per heavy atom. The Morgan fingerprint density at radius 2 is 2.10 bits per heavy atom. The van der Waals surface area contributed by atoms with Crippen LogP contribution in [-0.4, -0.2) is 28.9 Å². The molecule has 0 aliphatic heterocycles. The number of benzene rings is 1. The van der Waals surface area contributed by atoms with Crippen molar-refractivity contribution in [3.63, 3.8) is 0 Å². The molecule has 1 aromatic carbocycles. The van der Waals surface area contributed by atoms with Gasteiger partial charge >= 0.3 is 0 Å². The molecule has 0 aliphatic rings. The summed E-state index contributed by atoms with van der Waals surface area (Å²) in [5, 5.41) is 10.6. The van der Waals surface area contributed by atoms with E-state index in [4.69, 9.17) is 9.47 Å². The molecule has 1 heterocycles. The lowest BCUT2D eigenvalue weighted by atomic mass is 10.1. The average Bonchev–Trinajstić information content (AvgIpc) is 2.94. The van der Waals surface area contributed by atoms with Gasteiger partial charge in [0, 0.05) is 24.5 Å². The minimum atomic E-state index is -0.846. The van der Waals surface area contributed by atoms with E-state index in [1.165, 1.54) is 0 Å². The minimum Gasteiger partial charge on any atom is -0.497 e. The van der Waals surface area contributed by atoms with E-state index >= 15 is 0 Å². The van der Waals surface area contributed by atoms with Crippen LogP contribution in [0, 0.1) is 0 Å². The minimum absolute atomic E-state index is 0.610. The third-order valence-electron chi connectivity index (χ3n) is 3.19. The first-order valence-corrected chi connectivity index (χ1v) is 6.62. The Labute approximate surface area is 118 Å². The first-order valence-electron chi connectivity index (χ1n) is 6.62. The highest BCUT2D eigenvalue weighted by Crippen LogP contribution is 2.32. The molecule has 0 radical (unpaired) electrons. The Balaban J connectivity index is 2.41. The quantitative estimate of drug-likeness (QED) is 0.880. The van der Waals surface area contributed by atoms with Crippen molar-refractivity contribution in [3.8, 4) is 11.5 Å². The van der Waals surface area contributed by atoms with Crippen molar-refractivity contribution >= 4 is 0 Å². The average molecular weight is 276 g/mol. The predicted octanol–water partition coefficient (Wildman–Crippen LogP) is 2.39. The standard InChI is InChI=1S/C15H20N2O3/c1-4-8-17-9-7-16-15(17)14(18)12-10-11(19-2)5-6-13(12)20-3/h5-7,9-10,14,18H,4,8H2,1-3H3. The molecular formula is C15H20N2O3. The molecule has 1 aromatic heterocycles. The van der Waals surface area contributed by atoms with Crippen molar-refractivity contribution in [3.05, 3.63) is 42.0 Å². The monoisotopic (exact) mass is 276 g/mol. The number of aliphatic hydroxyl groups excluding tert-OH is 1. The van der Waals surface area contributed by atoms with Gasteiger partial charge < -0.3 is 19.1 Å². The van der Waals surface area contributed by atoms with Gasteiger partial charge in [0.1, 0.15) is 23.4 Å². The van der Waals surface area contributed by atoms with Crippen molar-refractivity contribution in [2.75, 3.05) is 14.2 Å². The molecule has 5 heteroatoms. The summed E-state index contributed by atoms with van der Waals surface area (Å²) in [5.41, 5.74) is 0.649. The molecule has 0 fully saturated rings. The maximum Gasteiger partial charge on any atom is 0.142 e. The van der Waals surface area contributed by atoms with E-state index < -0.39 is 6.10 Å². The van der Waals surface area contributed by atoms with Crippen LogP contribution in [0.4, 0.5) is 0 Å². The van der Waals surface area contributed by atoms with E-state index in [2.05, 4.69) is 11.9 Å². The van der Waals surface area contributed by atoms with E-state index in [-0.39, 0.29) is 0 Å². The highest BCUT2D eigenvalue weighted by atomic mass is 16.5. The lowest BCUT2D eigenvalue weighted by Gasteiger charge is -2.17. The molecule has 20 heavy (non-hydrogen) atoms. The first-order chi connectivity index (χ1) is 9.71. The number of hydrogen-bond donors (Lipinski definition) is 1. The van der Waals surface area contributed by atoms with Crippen LogP contribution in [-0.2, 0) is 6.54 Å². The van der Waals surface area contributed by atoms with E-state index in [1.54, 1.807) is 38.6 Å². The zero-order valence-electron chi connectivity index (χ0n) is 12.0. The summed E-state index contributed by atoms with van der Waals surface area (Å²) in [6.45, 7) is 2.90. The molecule has 0 spiro atoms. The number of hydrogen-bond acceptors (Lipinski definition) is 4. The van der Waals surface area contributed by atoms with E-state index in [1.807, 2.05) is 10.8 Å². The van der Waals surface area contributed by atoms with Gasteiger partial charge in [-0.3, -0.25) is 0 Å². The van der Waals surface area contributed by atoms with E-state index in [0.29, 0.717) is 22.9 Å². The van der Waals surface area contributed by atoms with Crippen LogP contribution in [0.25, 0.3) is 0 Å². The molecule has 0 amide bonds. The third kappa shape index (κ3) is 2.77. The number of aliphatic hydroxyl groups is 1. The second-order valence-electron chi connectivity index (χ2n) is 4.49. The maximum atomic E-state index is 10.6. The second kappa shape index (κ2) is 6.43. The van der Waals surface area contributed by atoms with Crippen molar-refractivity contribution < 1.29 is 14.6 Å². The van der Waals surface area contributed by atoms with Crippen LogP contribution < -0.4 is 9.47 Å². The smallest absolute Gasteiger partial charge is 0.142 e. The molecular weight excluding hydrogens is 256 g/mol. The number of methoxy groups -OCH3 is 2. The summed E-state index contributed by atoms with van der Waals surface area (Å²) >= 11 is 0. The Kier molecular flexibility index (Phi) is 4.63. The molecule has 1 atom stereocenters. The molecule has 1 N–H and O–H groups in total. The number of imidazole rings is 1. The summed E-state index contributed by atoms with van der Waals surface area (Å²) in [6, 6.07) is 5.35. The summed E-state index contributed by atoms with van der Waals surface area (Å²) < 4.78 is 12.5. The number of rotatable bonds is 6. The lowest BCUT2D eigenvalue weighted by Crippen LogP contribution is -2.11. The Bertz CT molecular complexity index is 566. The predicted molar refractivity (Wildman–Crippen MR) is 76.1 cm³/mol. The fourth-order valence-corrected chi connectivity index (χ4v) is 2.19. The van der Waals surface area contributed by atoms with Crippen molar-refractivity contribution in [1.82, 2.24) is 9.55 Å². The lowest BCUT2D eigenvalue weighted by molar-refractivity contribution is 0.198.